The van der Waals surface area contributed by atoms with Gasteiger partial charge in [0, 0.05) is 18.1 Å². The molecule has 2 aliphatic rings. The van der Waals surface area contributed by atoms with Crippen LogP contribution in [0.1, 0.15) is 11.1 Å². The molecule has 0 saturated heterocycles. The number of benzene rings is 3. The van der Waals surface area contributed by atoms with Crippen molar-refractivity contribution < 1.29 is 14.2 Å². The molecule has 0 aromatic heterocycles. The molecule has 0 fully saturated rings. The van der Waals surface area contributed by atoms with Crippen LogP contribution in [0.3, 0.4) is 0 Å². The summed E-state index contributed by atoms with van der Waals surface area (Å²) >= 11 is 0. The Morgan fingerprint density at radius 3 is 2.19 bits per heavy atom. The molecule has 0 spiro atoms. The van der Waals surface area contributed by atoms with Crippen LogP contribution in [0.5, 0.6) is 23.0 Å². The fraction of sp³-hybridized carbons (Fsp3) is 0.111. The Morgan fingerprint density at radius 2 is 1.33 bits per heavy atom. The second-order valence-electron chi connectivity index (χ2n) is 5.40. The first-order valence-corrected chi connectivity index (χ1v) is 6.99. The van der Waals surface area contributed by atoms with Crippen LogP contribution in [0.25, 0.3) is 10.8 Å². The van der Waals surface area contributed by atoms with E-state index in [0.29, 0.717) is 0 Å². The molecule has 2 heterocycles. The molecule has 2 aliphatic heterocycles. The Morgan fingerprint density at radius 1 is 0.667 bits per heavy atom. The van der Waals surface area contributed by atoms with Crippen molar-refractivity contribution in [2.45, 2.75) is 6.42 Å². The van der Waals surface area contributed by atoms with Gasteiger partial charge in [0.05, 0.1) is 0 Å². The maximum atomic E-state index is 6.08. The SMILES string of the molecule is c1ccc2cc3c(cc2c1)Cc1cc2c(cc1O3)OCO2. The highest BCUT2D eigenvalue weighted by Gasteiger charge is 2.23. The molecule has 21 heavy (non-hydrogen) atoms. The second kappa shape index (κ2) is 3.92. The summed E-state index contributed by atoms with van der Waals surface area (Å²) in [4.78, 5) is 0. The van der Waals surface area contributed by atoms with Crippen LogP contribution in [0, 0.1) is 0 Å². The summed E-state index contributed by atoms with van der Waals surface area (Å²) in [6.07, 6.45) is 0.853. The van der Waals surface area contributed by atoms with E-state index in [4.69, 9.17) is 14.2 Å². The van der Waals surface area contributed by atoms with Crippen molar-refractivity contribution in [1.82, 2.24) is 0 Å². The number of hydrogen-bond donors (Lipinski definition) is 0. The van der Waals surface area contributed by atoms with E-state index in [1.54, 1.807) is 0 Å². The third-order valence-corrected chi connectivity index (χ3v) is 4.09. The second-order valence-corrected chi connectivity index (χ2v) is 5.40. The third kappa shape index (κ3) is 1.61. The fourth-order valence-corrected chi connectivity index (χ4v) is 3.02. The average Bonchev–Trinajstić information content (AvgIpc) is 2.95. The van der Waals surface area contributed by atoms with Gasteiger partial charge in [0.1, 0.15) is 11.5 Å². The maximum Gasteiger partial charge on any atom is 0.231 e. The van der Waals surface area contributed by atoms with Crippen molar-refractivity contribution in [2.75, 3.05) is 6.79 Å². The Kier molecular flexibility index (Phi) is 2.06. The first-order chi connectivity index (χ1) is 10.4. The molecule has 0 amide bonds. The number of rotatable bonds is 0. The van der Waals surface area contributed by atoms with Gasteiger partial charge in [0.15, 0.2) is 11.5 Å². The van der Waals surface area contributed by atoms with Crippen LogP contribution in [-0.2, 0) is 6.42 Å². The summed E-state index contributed by atoms with van der Waals surface area (Å²) in [5.74, 6) is 3.36. The van der Waals surface area contributed by atoms with E-state index in [1.165, 1.54) is 16.3 Å². The Labute approximate surface area is 121 Å². The van der Waals surface area contributed by atoms with Crippen molar-refractivity contribution in [3.63, 3.8) is 0 Å². The predicted molar refractivity (Wildman–Crippen MR) is 79.4 cm³/mol. The lowest BCUT2D eigenvalue weighted by Gasteiger charge is -2.21. The van der Waals surface area contributed by atoms with Crippen LogP contribution in [0.4, 0.5) is 0 Å². The summed E-state index contributed by atoms with van der Waals surface area (Å²) < 4.78 is 16.9. The molecule has 3 aromatic carbocycles. The average molecular weight is 276 g/mol. The summed E-state index contributed by atoms with van der Waals surface area (Å²) in [6, 6.07) is 16.6. The number of hydrogen-bond acceptors (Lipinski definition) is 3. The molecular formula is C18H12O3. The lowest BCUT2D eigenvalue weighted by molar-refractivity contribution is 0.174. The molecule has 3 aromatic rings. The number of ether oxygens (including phenoxy) is 3. The smallest absolute Gasteiger partial charge is 0.231 e. The van der Waals surface area contributed by atoms with Gasteiger partial charge in [-0.1, -0.05) is 24.3 Å². The van der Waals surface area contributed by atoms with Gasteiger partial charge in [0.25, 0.3) is 0 Å². The topological polar surface area (TPSA) is 27.7 Å². The van der Waals surface area contributed by atoms with E-state index in [0.717, 1.165) is 35.0 Å². The van der Waals surface area contributed by atoms with Crippen molar-refractivity contribution in [3.05, 3.63) is 59.7 Å². The highest BCUT2D eigenvalue weighted by atomic mass is 16.7. The van der Waals surface area contributed by atoms with Gasteiger partial charge in [-0.25, -0.2) is 0 Å². The van der Waals surface area contributed by atoms with Gasteiger partial charge in [-0.15, -0.1) is 0 Å². The summed E-state index contributed by atoms with van der Waals surface area (Å²) in [7, 11) is 0. The van der Waals surface area contributed by atoms with E-state index in [1.807, 2.05) is 18.2 Å². The molecule has 0 atom stereocenters. The van der Waals surface area contributed by atoms with Gasteiger partial charge < -0.3 is 14.2 Å². The molecule has 3 heteroatoms. The van der Waals surface area contributed by atoms with Crippen LogP contribution < -0.4 is 14.2 Å². The minimum Gasteiger partial charge on any atom is -0.457 e. The van der Waals surface area contributed by atoms with Crippen molar-refractivity contribution in [1.29, 1.82) is 0 Å². The molecule has 0 N–H and O–H groups in total. The lowest BCUT2D eigenvalue weighted by atomic mass is 9.97. The predicted octanol–water partition coefficient (Wildman–Crippen LogP) is 4.27. The maximum absolute atomic E-state index is 6.08. The van der Waals surface area contributed by atoms with E-state index >= 15 is 0 Å². The minimum absolute atomic E-state index is 0.287. The zero-order valence-electron chi connectivity index (χ0n) is 11.3. The Hall–Kier alpha value is -2.68. The van der Waals surface area contributed by atoms with Crippen LogP contribution >= 0.6 is 0 Å². The zero-order chi connectivity index (χ0) is 13.8. The highest BCUT2D eigenvalue weighted by molar-refractivity contribution is 5.85. The molecule has 0 aliphatic carbocycles. The summed E-state index contributed by atoms with van der Waals surface area (Å²) in [5, 5.41) is 2.43. The lowest BCUT2D eigenvalue weighted by Crippen LogP contribution is -2.03. The normalized spacial score (nSPS) is 14.5. The van der Waals surface area contributed by atoms with E-state index in [9.17, 15) is 0 Å². The van der Waals surface area contributed by atoms with Crippen molar-refractivity contribution in [2.24, 2.45) is 0 Å². The minimum atomic E-state index is 0.287. The number of fused-ring (bicyclic) bond motifs is 4. The van der Waals surface area contributed by atoms with Crippen LogP contribution in [0.15, 0.2) is 48.5 Å². The monoisotopic (exact) mass is 276 g/mol. The quantitative estimate of drug-likeness (QED) is 0.480. The van der Waals surface area contributed by atoms with Gasteiger partial charge in [-0.2, -0.15) is 0 Å². The van der Waals surface area contributed by atoms with E-state index < -0.39 is 0 Å². The van der Waals surface area contributed by atoms with Crippen LogP contribution in [-0.4, -0.2) is 6.79 Å². The van der Waals surface area contributed by atoms with E-state index in [2.05, 4.69) is 30.3 Å². The summed E-state index contributed by atoms with van der Waals surface area (Å²) in [5.41, 5.74) is 2.35. The third-order valence-electron chi connectivity index (χ3n) is 4.09. The standard InChI is InChI=1S/C18H12O3/c1-2-4-12-7-15-13(5-11(12)3-1)6-14-8-17-18(20-10-19-17)9-16(14)21-15/h1-5,7-9H,6,10H2. The summed E-state index contributed by atoms with van der Waals surface area (Å²) in [6.45, 7) is 0.287. The van der Waals surface area contributed by atoms with Gasteiger partial charge in [0.2, 0.25) is 6.79 Å². The molecule has 0 unspecified atom stereocenters. The first kappa shape index (κ1) is 11.0. The molecule has 0 saturated carbocycles. The zero-order valence-corrected chi connectivity index (χ0v) is 11.3. The largest absolute Gasteiger partial charge is 0.457 e. The molecule has 3 nitrogen and oxygen atoms in total. The molecular weight excluding hydrogens is 264 g/mol. The molecule has 0 bridgehead atoms. The Balaban J connectivity index is 1.67. The molecule has 0 radical (unpaired) electrons. The molecule has 102 valence electrons. The van der Waals surface area contributed by atoms with Crippen molar-refractivity contribution in [3.8, 4) is 23.0 Å². The van der Waals surface area contributed by atoms with Gasteiger partial charge in [-0.05, 0) is 34.5 Å². The highest BCUT2D eigenvalue weighted by Crippen LogP contribution is 2.44. The van der Waals surface area contributed by atoms with Gasteiger partial charge >= 0.3 is 0 Å². The van der Waals surface area contributed by atoms with Crippen LogP contribution in [0.2, 0.25) is 0 Å². The van der Waals surface area contributed by atoms with Gasteiger partial charge in [-0.3, -0.25) is 0 Å². The fourth-order valence-electron chi connectivity index (χ4n) is 3.02. The molecule has 5 rings (SSSR count). The van der Waals surface area contributed by atoms with Crippen molar-refractivity contribution >= 4 is 10.8 Å². The Bertz CT molecular complexity index is 812. The van der Waals surface area contributed by atoms with E-state index in [-0.39, 0.29) is 6.79 Å². The first-order valence-electron chi connectivity index (χ1n) is 6.99.